The number of carbonyl (C=O) groups is 1. The van der Waals surface area contributed by atoms with E-state index in [4.69, 9.17) is 0 Å². The Bertz CT molecular complexity index is 1080. The molecule has 0 atom stereocenters. The number of nitrogens with zero attached hydrogens (tertiary/aromatic N) is 2. The van der Waals surface area contributed by atoms with Gasteiger partial charge in [-0.15, -0.1) is 0 Å². The highest BCUT2D eigenvalue weighted by Crippen LogP contribution is 2.32. The summed E-state index contributed by atoms with van der Waals surface area (Å²) in [6, 6.07) is 8.99. The number of rotatable bonds is 5. The number of alkyl halides is 3. The molecule has 1 heterocycles. The molecule has 174 valence electrons. The summed E-state index contributed by atoms with van der Waals surface area (Å²) in [6.07, 6.45) is -1.93. The molecule has 1 aliphatic heterocycles. The fraction of sp³-hybridized carbons (Fsp3) is 0.409. The van der Waals surface area contributed by atoms with Crippen LogP contribution in [0.5, 0.6) is 0 Å². The Hall–Kier alpha value is -2.59. The smallest absolute Gasteiger partial charge is 0.323 e. The average molecular weight is 470 g/mol. The maximum absolute atomic E-state index is 13.2. The zero-order chi connectivity index (χ0) is 23.5. The fourth-order valence-electron chi connectivity index (χ4n) is 3.68. The van der Waals surface area contributed by atoms with E-state index in [1.807, 2.05) is 0 Å². The summed E-state index contributed by atoms with van der Waals surface area (Å²) < 4.78 is 67.2. The summed E-state index contributed by atoms with van der Waals surface area (Å²) in [7, 11) is -2.32. The number of aryl methyl sites for hydroxylation is 1. The normalized spacial score (nSPS) is 15.4. The molecule has 0 aromatic heterocycles. The predicted octanol–water partition coefficient (Wildman–Crippen LogP) is 4.85. The van der Waals surface area contributed by atoms with Crippen molar-refractivity contribution in [2.45, 2.75) is 43.8 Å². The van der Waals surface area contributed by atoms with Crippen LogP contribution < -0.4 is 5.32 Å². The Labute approximate surface area is 186 Å². The van der Waals surface area contributed by atoms with E-state index in [1.165, 1.54) is 35.6 Å². The third-order valence-corrected chi connectivity index (χ3v) is 7.49. The zero-order valence-corrected chi connectivity index (χ0v) is 18.8. The van der Waals surface area contributed by atoms with Crippen LogP contribution in [-0.2, 0) is 22.7 Å². The number of benzene rings is 2. The van der Waals surface area contributed by atoms with Crippen molar-refractivity contribution in [2.75, 3.05) is 25.5 Å². The van der Waals surface area contributed by atoms with Crippen LogP contribution in [0, 0.1) is 6.92 Å². The van der Waals surface area contributed by atoms with Crippen LogP contribution in [0.4, 0.5) is 23.7 Å². The number of amides is 2. The second-order valence-electron chi connectivity index (χ2n) is 7.89. The van der Waals surface area contributed by atoms with Gasteiger partial charge in [0.1, 0.15) is 0 Å². The van der Waals surface area contributed by atoms with Gasteiger partial charge in [-0.2, -0.15) is 17.5 Å². The minimum absolute atomic E-state index is 0.0325. The zero-order valence-electron chi connectivity index (χ0n) is 17.9. The van der Waals surface area contributed by atoms with Crippen LogP contribution in [0.25, 0.3) is 0 Å². The summed E-state index contributed by atoms with van der Waals surface area (Å²) in [5.41, 5.74) is -0.0204. The first-order valence-corrected chi connectivity index (χ1v) is 11.7. The molecule has 1 aliphatic rings. The Balaban J connectivity index is 1.77. The van der Waals surface area contributed by atoms with Gasteiger partial charge in [0, 0.05) is 32.4 Å². The highest BCUT2D eigenvalue weighted by Gasteiger charge is 2.33. The highest BCUT2D eigenvalue weighted by atomic mass is 32.2. The van der Waals surface area contributed by atoms with Gasteiger partial charge in [-0.1, -0.05) is 30.7 Å². The Morgan fingerprint density at radius 1 is 1.09 bits per heavy atom. The van der Waals surface area contributed by atoms with Gasteiger partial charge in [0.25, 0.3) is 0 Å². The minimum atomic E-state index is -4.53. The number of hydrogen-bond donors (Lipinski definition) is 1. The van der Waals surface area contributed by atoms with Gasteiger partial charge in [0.2, 0.25) is 10.0 Å². The molecule has 6 nitrogen and oxygen atoms in total. The first-order chi connectivity index (χ1) is 15.0. The molecule has 0 radical (unpaired) electrons. The van der Waals surface area contributed by atoms with Gasteiger partial charge in [0.15, 0.2) is 0 Å². The molecule has 0 bridgehead atoms. The van der Waals surface area contributed by atoms with Crippen molar-refractivity contribution in [2.24, 2.45) is 0 Å². The molecule has 1 fully saturated rings. The molecule has 2 aromatic carbocycles. The molecule has 32 heavy (non-hydrogen) atoms. The molecule has 0 aliphatic carbocycles. The van der Waals surface area contributed by atoms with Gasteiger partial charge in [-0.05, 0) is 49.1 Å². The van der Waals surface area contributed by atoms with E-state index in [9.17, 15) is 26.4 Å². The SMILES string of the molecule is Cc1ccc(NC(=O)N(C)Cc2ccccc2C(F)(F)F)cc1S(=O)(=O)N1CCCCC1. The number of halogens is 3. The lowest BCUT2D eigenvalue weighted by atomic mass is 10.1. The minimum Gasteiger partial charge on any atom is -0.323 e. The van der Waals surface area contributed by atoms with Crippen molar-refractivity contribution in [3.63, 3.8) is 0 Å². The molecular weight excluding hydrogens is 443 g/mol. The number of nitrogens with one attached hydrogen (secondary N) is 1. The second kappa shape index (κ2) is 9.50. The highest BCUT2D eigenvalue weighted by molar-refractivity contribution is 7.89. The Morgan fingerprint density at radius 3 is 2.41 bits per heavy atom. The van der Waals surface area contributed by atoms with Crippen molar-refractivity contribution in [3.05, 3.63) is 59.2 Å². The van der Waals surface area contributed by atoms with Crippen molar-refractivity contribution in [1.29, 1.82) is 0 Å². The lowest BCUT2D eigenvalue weighted by Gasteiger charge is -2.27. The fourth-order valence-corrected chi connectivity index (χ4v) is 5.45. The number of hydrogen-bond acceptors (Lipinski definition) is 3. The van der Waals surface area contributed by atoms with E-state index in [0.717, 1.165) is 30.2 Å². The number of anilines is 1. The first kappa shape index (κ1) is 24.1. The molecule has 0 unspecified atom stereocenters. The summed E-state index contributed by atoms with van der Waals surface area (Å²) >= 11 is 0. The third kappa shape index (κ3) is 5.42. The quantitative estimate of drug-likeness (QED) is 0.681. The molecule has 0 saturated carbocycles. The Morgan fingerprint density at radius 2 is 1.75 bits per heavy atom. The van der Waals surface area contributed by atoms with Gasteiger partial charge in [-0.25, -0.2) is 13.2 Å². The second-order valence-corrected chi connectivity index (χ2v) is 9.79. The molecule has 2 amide bonds. The van der Waals surface area contributed by atoms with E-state index < -0.39 is 27.8 Å². The van der Waals surface area contributed by atoms with Gasteiger partial charge in [-0.3, -0.25) is 0 Å². The number of urea groups is 1. The Kier molecular flexibility index (Phi) is 7.14. The molecule has 10 heteroatoms. The number of sulfonamides is 1. The maximum Gasteiger partial charge on any atom is 0.416 e. The van der Waals surface area contributed by atoms with E-state index in [1.54, 1.807) is 19.1 Å². The largest absolute Gasteiger partial charge is 0.416 e. The van der Waals surface area contributed by atoms with E-state index in [2.05, 4.69) is 5.32 Å². The van der Waals surface area contributed by atoms with Crippen LogP contribution in [0.1, 0.15) is 36.0 Å². The topological polar surface area (TPSA) is 69.7 Å². The van der Waals surface area contributed by atoms with Crippen molar-refractivity contribution in [3.8, 4) is 0 Å². The molecule has 1 N–H and O–H groups in total. The van der Waals surface area contributed by atoms with Gasteiger partial charge < -0.3 is 10.2 Å². The predicted molar refractivity (Wildman–Crippen MR) is 116 cm³/mol. The van der Waals surface area contributed by atoms with Crippen LogP contribution in [0.15, 0.2) is 47.4 Å². The third-order valence-electron chi connectivity index (χ3n) is 5.45. The number of carbonyl (C=O) groups excluding carboxylic acids is 1. The lowest BCUT2D eigenvalue weighted by Crippen LogP contribution is -2.36. The summed E-state index contributed by atoms with van der Waals surface area (Å²) in [4.78, 5) is 13.8. The molecule has 1 saturated heterocycles. The van der Waals surface area contributed by atoms with E-state index in [-0.39, 0.29) is 22.7 Å². The van der Waals surface area contributed by atoms with E-state index >= 15 is 0 Å². The molecule has 0 spiro atoms. The summed E-state index contributed by atoms with van der Waals surface area (Å²) in [6.45, 7) is 2.34. The first-order valence-electron chi connectivity index (χ1n) is 10.3. The van der Waals surface area contributed by atoms with Crippen molar-refractivity contribution >= 4 is 21.7 Å². The van der Waals surface area contributed by atoms with E-state index in [0.29, 0.717) is 18.7 Å². The van der Waals surface area contributed by atoms with Crippen LogP contribution in [-0.4, -0.2) is 43.8 Å². The lowest BCUT2D eigenvalue weighted by molar-refractivity contribution is -0.138. The summed E-state index contributed by atoms with van der Waals surface area (Å²) in [5.74, 6) is 0. The van der Waals surface area contributed by atoms with Gasteiger partial charge >= 0.3 is 12.2 Å². The summed E-state index contributed by atoms with van der Waals surface area (Å²) in [5, 5.41) is 2.59. The maximum atomic E-state index is 13.2. The molecule has 2 aromatic rings. The van der Waals surface area contributed by atoms with Crippen LogP contribution in [0.3, 0.4) is 0 Å². The van der Waals surface area contributed by atoms with Crippen molar-refractivity contribution in [1.82, 2.24) is 9.21 Å². The molecule has 3 rings (SSSR count). The monoisotopic (exact) mass is 469 g/mol. The van der Waals surface area contributed by atoms with Crippen LogP contribution in [0.2, 0.25) is 0 Å². The number of piperidine rings is 1. The molecular formula is C22H26F3N3O3S. The average Bonchev–Trinajstić information content (AvgIpc) is 2.75. The van der Waals surface area contributed by atoms with Gasteiger partial charge in [0.05, 0.1) is 10.5 Å². The van der Waals surface area contributed by atoms with Crippen LogP contribution >= 0.6 is 0 Å². The van der Waals surface area contributed by atoms with Crippen molar-refractivity contribution < 1.29 is 26.4 Å². The standard InChI is InChI=1S/C22H26F3N3O3S/c1-16-10-11-18(14-20(16)32(30,31)28-12-6-3-7-13-28)26-21(29)27(2)15-17-8-4-5-9-19(17)22(23,24)25/h4-5,8-11,14H,3,6-7,12-13,15H2,1-2H3,(H,26,29).